The van der Waals surface area contributed by atoms with E-state index in [2.05, 4.69) is 20.3 Å². The fourth-order valence-corrected chi connectivity index (χ4v) is 4.08. The lowest BCUT2D eigenvalue weighted by atomic mass is 10.2. The Kier molecular flexibility index (Phi) is 5.39. The predicted molar refractivity (Wildman–Crippen MR) is 119 cm³/mol. The molecule has 1 amide bonds. The van der Waals surface area contributed by atoms with Crippen molar-refractivity contribution in [3.05, 3.63) is 77.1 Å². The maximum Gasteiger partial charge on any atom is 0.267 e. The zero-order chi connectivity index (χ0) is 21.9. The largest absolute Gasteiger partial charge is 0.489 e. The Morgan fingerprint density at radius 3 is 2.81 bits per heavy atom. The number of hydrogen-bond acceptors (Lipinski definition) is 8. The molecule has 0 aliphatic carbocycles. The van der Waals surface area contributed by atoms with Crippen LogP contribution in [0.15, 0.2) is 60.9 Å². The van der Waals surface area contributed by atoms with Crippen LogP contribution < -0.4 is 19.5 Å². The number of anilines is 1. The highest BCUT2D eigenvalue weighted by atomic mass is 32.1. The number of nitrogens with zero attached hydrogens (tertiary/aromatic N) is 3. The number of hydrogen-bond donors (Lipinski definition) is 1. The molecule has 0 radical (unpaired) electrons. The molecular formula is C23H18N4O4S. The third-order valence-electron chi connectivity index (χ3n) is 4.69. The van der Waals surface area contributed by atoms with Gasteiger partial charge >= 0.3 is 0 Å². The van der Waals surface area contributed by atoms with Gasteiger partial charge in [-0.2, -0.15) is 0 Å². The molecular weight excluding hydrogens is 428 g/mol. The summed E-state index contributed by atoms with van der Waals surface area (Å²) >= 11 is 1.27. The van der Waals surface area contributed by atoms with E-state index >= 15 is 0 Å². The van der Waals surface area contributed by atoms with E-state index in [-0.39, 0.29) is 12.7 Å². The highest BCUT2D eigenvalue weighted by Gasteiger charge is 2.18. The summed E-state index contributed by atoms with van der Waals surface area (Å²) < 4.78 is 16.5. The lowest BCUT2D eigenvalue weighted by Crippen LogP contribution is -2.11. The molecule has 2 aromatic heterocycles. The number of amides is 1. The molecule has 32 heavy (non-hydrogen) atoms. The number of aryl methyl sites for hydroxylation is 1. The van der Waals surface area contributed by atoms with Crippen molar-refractivity contribution >= 4 is 22.9 Å². The summed E-state index contributed by atoms with van der Waals surface area (Å²) in [5, 5.41) is 3.55. The molecule has 0 unspecified atom stereocenters. The van der Waals surface area contributed by atoms with Gasteiger partial charge in [-0.05, 0) is 42.8 Å². The molecule has 0 bridgehead atoms. The number of carbonyl (C=O) groups excluding carboxylic acids is 1. The van der Waals surface area contributed by atoms with Gasteiger partial charge in [0, 0.05) is 24.1 Å². The molecule has 0 saturated carbocycles. The van der Waals surface area contributed by atoms with E-state index in [0.29, 0.717) is 50.9 Å². The molecule has 0 atom stereocenters. The van der Waals surface area contributed by atoms with Crippen LogP contribution in [0.2, 0.25) is 0 Å². The van der Waals surface area contributed by atoms with Gasteiger partial charge in [0.1, 0.15) is 17.2 Å². The van der Waals surface area contributed by atoms with E-state index in [1.165, 1.54) is 11.3 Å². The highest BCUT2D eigenvalue weighted by Crippen LogP contribution is 2.35. The van der Waals surface area contributed by atoms with Gasteiger partial charge in [0.2, 0.25) is 6.79 Å². The molecule has 3 heterocycles. The molecule has 1 aliphatic heterocycles. The van der Waals surface area contributed by atoms with Crippen LogP contribution in [0, 0.1) is 6.92 Å². The summed E-state index contributed by atoms with van der Waals surface area (Å²) in [7, 11) is 0. The second kappa shape index (κ2) is 8.64. The van der Waals surface area contributed by atoms with E-state index in [4.69, 9.17) is 14.2 Å². The third-order valence-corrected chi connectivity index (χ3v) is 5.85. The molecule has 0 fully saturated rings. The minimum absolute atomic E-state index is 0.222. The van der Waals surface area contributed by atoms with Crippen LogP contribution in [0.3, 0.4) is 0 Å². The van der Waals surface area contributed by atoms with Gasteiger partial charge in [-0.25, -0.2) is 15.0 Å². The molecule has 1 N–H and O–H groups in total. The van der Waals surface area contributed by atoms with Gasteiger partial charge in [-0.1, -0.05) is 12.1 Å². The van der Waals surface area contributed by atoms with Crippen LogP contribution in [0.4, 0.5) is 5.69 Å². The smallest absolute Gasteiger partial charge is 0.267 e. The van der Waals surface area contributed by atoms with E-state index in [1.807, 2.05) is 36.4 Å². The van der Waals surface area contributed by atoms with Crippen molar-refractivity contribution in [3.8, 4) is 28.1 Å². The average molecular weight is 446 g/mol. The topological polar surface area (TPSA) is 95.5 Å². The number of rotatable bonds is 6. The monoisotopic (exact) mass is 446 g/mol. The molecule has 1 aliphatic rings. The first-order valence-electron chi connectivity index (χ1n) is 9.83. The summed E-state index contributed by atoms with van der Waals surface area (Å²) in [5.74, 6) is 2.34. The van der Waals surface area contributed by atoms with Crippen molar-refractivity contribution in [2.75, 3.05) is 12.1 Å². The molecule has 0 saturated heterocycles. The second-order valence-electron chi connectivity index (χ2n) is 6.96. The van der Waals surface area contributed by atoms with Crippen LogP contribution in [-0.4, -0.2) is 27.7 Å². The first-order valence-corrected chi connectivity index (χ1v) is 10.6. The van der Waals surface area contributed by atoms with E-state index in [0.717, 1.165) is 5.56 Å². The minimum Gasteiger partial charge on any atom is -0.489 e. The number of ether oxygens (including phenoxy) is 3. The Bertz CT molecular complexity index is 1280. The van der Waals surface area contributed by atoms with Crippen molar-refractivity contribution in [3.63, 3.8) is 0 Å². The molecule has 5 rings (SSSR count). The number of aromatic nitrogens is 3. The Labute approximate surface area is 187 Å². The lowest BCUT2D eigenvalue weighted by molar-refractivity contribution is 0.102. The van der Waals surface area contributed by atoms with E-state index in [9.17, 15) is 4.79 Å². The fraction of sp³-hybridized carbons (Fsp3) is 0.130. The minimum atomic E-state index is -0.226. The number of nitrogens with one attached hydrogen (secondary N) is 1. The molecule has 9 heteroatoms. The van der Waals surface area contributed by atoms with Gasteiger partial charge in [-0.3, -0.25) is 4.79 Å². The van der Waals surface area contributed by atoms with Crippen molar-refractivity contribution in [2.45, 2.75) is 13.5 Å². The van der Waals surface area contributed by atoms with Crippen molar-refractivity contribution < 1.29 is 19.0 Å². The Morgan fingerprint density at radius 2 is 1.94 bits per heavy atom. The third kappa shape index (κ3) is 4.23. The summed E-state index contributed by atoms with van der Waals surface area (Å²) in [4.78, 5) is 26.2. The summed E-state index contributed by atoms with van der Waals surface area (Å²) in [6.45, 7) is 2.37. The molecule has 2 aromatic carbocycles. The number of fused-ring (bicyclic) bond motifs is 1. The predicted octanol–water partition coefficient (Wildman–Crippen LogP) is 4.47. The zero-order valence-corrected chi connectivity index (χ0v) is 17.9. The lowest BCUT2D eigenvalue weighted by Gasteiger charge is -2.09. The van der Waals surface area contributed by atoms with Gasteiger partial charge < -0.3 is 19.5 Å². The first-order chi connectivity index (χ1) is 15.7. The Balaban J connectivity index is 1.26. The quantitative estimate of drug-likeness (QED) is 0.467. The summed E-state index contributed by atoms with van der Waals surface area (Å²) in [6.07, 6.45) is 3.30. The van der Waals surface area contributed by atoms with Gasteiger partial charge in [0.15, 0.2) is 22.3 Å². The number of benzene rings is 2. The molecule has 0 spiro atoms. The maximum absolute atomic E-state index is 12.8. The van der Waals surface area contributed by atoms with Gasteiger partial charge in [0.05, 0.1) is 5.69 Å². The summed E-state index contributed by atoms with van der Waals surface area (Å²) in [5.41, 5.74) is 2.23. The summed E-state index contributed by atoms with van der Waals surface area (Å²) in [6, 6.07) is 14.7. The first kappa shape index (κ1) is 20.0. The van der Waals surface area contributed by atoms with Gasteiger partial charge in [-0.15, -0.1) is 11.3 Å². The van der Waals surface area contributed by atoms with Crippen LogP contribution >= 0.6 is 11.3 Å². The van der Waals surface area contributed by atoms with Crippen molar-refractivity contribution in [1.29, 1.82) is 0 Å². The Morgan fingerprint density at radius 1 is 1.09 bits per heavy atom. The molecule has 4 aromatic rings. The molecule has 8 nitrogen and oxygen atoms in total. The van der Waals surface area contributed by atoms with Crippen molar-refractivity contribution in [2.24, 2.45) is 0 Å². The SMILES string of the molecule is Cc1nc(-c2ncccn2)sc1C(=O)Nc1cccc(COc2ccc3c(c2)OCO3)c1. The van der Waals surface area contributed by atoms with Crippen LogP contribution in [0.1, 0.15) is 20.9 Å². The highest BCUT2D eigenvalue weighted by molar-refractivity contribution is 7.17. The van der Waals surface area contributed by atoms with Crippen LogP contribution in [0.5, 0.6) is 17.2 Å². The maximum atomic E-state index is 12.8. The zero-order valence-electron chi connectivity index (χ0n) is 17.1. The number of carbonyl (C=O) groups is 1. The molecule has 160 valence electrons. The average Bonchev–Trinajstić information content (AvgIpc) is 3.44. The van der Waals surface area contributed by atoms with E-state index < -0.39 is 0 Å². The number of thiazole rings is 1. The van der Waals surface area contributed by atoms with Gasteiger partial charge in [0.25, 0.3) is 5.91 Å². The fourth-order valence-electron chi connectivity index (χ4n) is 3.17. The van der Waals surface area contributed by atoms with E-state index in [1.54, 1.807) is 31.5 Å². The van der Waals surface area contributed by atoms with Crippen molar-refractivity contribution in [1.82, 2.24) is 15.0 Å². The normalized spacial score (nSPS) is 11.9. The Hall–Kier alpha value is -3.98. The standard InChI is InChI=1S/C23H18N4O4S/c1-14-20(32-23(26-14)21-24-8-3-9-25-21)22(28)27-16-5-2-4-15(10-16)12-29-17-6-7-18-19(11-17)31-13-30-18/h2-11H,12-13H2,1H3,(H,27,28). The van der Waals surface area contributed by atoms with Crippen LogP contribution in [0.25, 0.3) is 10.8 Å². The van der Waals surface area contributed by atoms with Crippen LogP contribution in [-0.2, 0) is 6.61 Å². The second-order valence-corrected chi connectivity index (χ2v) is 7.96.